The number of nitrogens with zero attached hydrogens (tertiary/aromatic N) is 5. The van der Waals surface area contributed by atoms with Crippen LogP contribution in [0.1, 0.15) is 41.7 Å². The lowest BCUT2D eigenvalue weighted by atomic mass is 9.60. The van der Waals surface area contributed by atoms with Crippen molar-refractivity contribution in [2.45, 2.75) is 38.3 Å². The van der Waals surface area contributed by atoms with Crippen molar-refractivity contribution in [1.82, 2.24) is 29.8 Å². The second-order valence-electron chi connectivity index (χ2n) is 7.70. The van der Waals surface area contributed by atoms with Gasteiger partial charge in [0.05, 0.1) is 17.5 Å². The summed E-state index contributed by atoms with van der Waals surface area (Å²) in [6.45, 7) is 3.25. The number of hydrogen-bond donors (Lipinski definition) is 1. The van der Waals surface area contributed by atoms with E-state index in [1.54, 1.807) is 17.1 Å². The Balaban J connectivity index is 1.24. The molecular formula is C18H26N6O. The summed E-state index contributed by atoms with van der Waals surface area (Å²) < 4.78 is 3.62. The fourth-order valence-corrected chi connectivity index (χ4v) is 4.27. The van der Waals surface area contributed by atoms with Crippen LogP contribution in [0.25, 0.3) is 0 Å². The Morgan fingerprint density at radius 1 is 1.28 bits per heavy atom. The zero-order chi connectivity index (χ0) is 17.4. The smallest absolute Gasteiger partial charge is 0.254 e. The third-order valence-corrected chi connectivity index (χ3v) is 5.89. The van der Waals surface area contributed by atoms with Gasteiger partial charge in [-0.3, -0.25) is 19.1 Å². The molecule has 1 amide bonds. The standard InChI is InChI=1S/C18H26N6O/c1-22-12-14(11-20-22)17(25)21-15-9-18(10-15)4-7-24(8-5-18)13-16-3-6-19-23(16)2/h3,6,11-12,15H,4-5,7-10,13H2,1-2H3,(H,21,25). The molecule has 0 atom stereocenters. The fraction of sp³-hybridized carbons (Fsp3) is 0.611. The number of aromatic nitrogens is 4. The van der Waals surface area contributed by atoms with Gasteiger partial charge in [-0.1, -0.05) is 0 Å². The van der Waals surface area contributed by atoms with Gasteiger partial charge in [0.25, 0.3) is 5.91 Å². The Morgan fingerprint density at radius 3 is 2.64 bits per heavy atom. The monoisotopic (exact) mass is 342 g/mol. The lowest BCUT2D eigenvalue weighted by molar-refractivity contribution is 0.00411. The summed E-state index contributed by atoms with van der Waals surface area (Å²) in [6, 6.07) is 2.41. The fourth-order valence-electron chi connectivity index (χ4n) is 4.27. The van der Waals surface area contributed by atoms with E-state index < -0.39 is 0 Å². The molecule has 1 saturated carbocycles. The molecule has 3 heterocycles. The first kappa shape index (κ1) is 16.3. The van der Waals surface area contributed by atoms with E-state index in [0.717, 1.165) is 32.5 Å². The summed E-state index contributed by atoms with van der Waals surface area (Å²) in [5, 5.41) is 11.5. The van der Waals surface area contributed by atoms with Gasteiger partial charge in [-0.05, 0) is 50.3 Å². The molecule has 4 rings (SSSR count). The maximum Gasteiger partial charge on any atom is 0.254 e. The maximum atomic E-state index is 12.2. The Morgan fingerprint density at radius 2 is 2.04 bits per heavy atom. The molecule has 7 heteroatoms. The summed E-state index contributed by atoms with van der Waals surface area (Å²) in [7, 11) is 3.83. The number of likely N-dealkylation sites (tertiary alicyclic amines) is 1. The summed E-state index contributed by atoms with van der Waals surface area (Å²) in [5.41, 5.74) is 2.36. The average molecular weight is 342 g/mol. The van der Waals surface area contributed by atoms with Crippen molar-refractivity contribution in [3.63, 3.8) is 0 Å². The molecular weight excluding hydrogens is 316 g/mol. The highest BCUT2D eigenvalue weighted by Gasteiger charge is 2.46. The van der Waals surface area contributed by atoms with Crippen molar-refractivity contribution in [1.29, 1.82) is 0 Å². The maximum absolute atomic E-state index is 12.2. The summed E-state index contributed by atoms with van der Waals surface area (Å²) >= 11 is 0. The number of amides is 1. The second kappa shape index (κ2) is 6.29. The van der Waals surface area contributed by atoms with Crippen LogP contribution in [-0.2, 0) is 20.6 Å². The van der Waals surface area contributed by atoms with E-state index in [4.69, 9.17) is 0 Å². The molecule has 1 saturated heterocycles. The van der Waals surface area contributed by atoms with Gasteiger partial charge in [0.1, 0.15) is 0 Å². The first-order chi connectivity index (χ1) is 12.0. The number of carbonyl (C=O) groups excluding carboxylic acids is 1. The van der Waals surface area contributed by atoms with Crippen LogP contribution in [0.2, 0.25) is 0 Å². The molecule has 1 aliphatic heterocycles. The van der Waals surface area contributed by atoms with Crippen LogP contribution in [-0.4, -0.2) is 49.5 Å². The molecule has 7 nitrogen and oxygen atoms in total. The molecule has 0 radical (unpaired) electrons. The minimum atomic E-state index is 0.00148. The van der Waals surface area contributed by atoms with E-state index in [-0.39, 0.29) is 5.91 Å². The van der Waals surface area contributed by atoms with Crippen LogP contribution < -0.4 is 5.32 Å². The Bertz CT molecular complexity index is 747. The first-order valence-corrected chi connectivity index (χ1v) is 9.02. The summed E-state index contributed by atoms with van der Waals surface area (Å²) in [4.78, 5) is 14.7. The number of rotatable bonds is 4. The third kappa shape index (κ3) is 3.33. The van der Waals surface area contributed by atoms with Crippen molar-refractivity contribution in [2.24, 2.45) is 19.5 Å². The highest BCUT2D eigenvalue weighted by molar-refractivity contribution is 5.93. The topological polar surface area (TPSA) is 68.0 Å². The quantitative estimate of drug-likeness (QED) is 0.910. The molecule has 0 bridgehead atoms. The lowest BCUT2D eigenvalue weighted by Crippen LogP contribution is -2.54. The van der Waals surface area contributed by atoms with Gasteiger partial charge >= 0.3 is 0 Å². The molecule has 2 aromatic rings. The SMILES string of the molecule is Cn1cc(C(=O)NC2CC3(CCN(Cc4ccnn4C)CC3)C2)cn1. The van der Waals surface area contributed by atoms with Crippen molar-refractivity contribution < 1.29 is 4.79 Å². The van der Waals surface area contributed by atoms with Crippen LogP contribution in [0.15, 0.2) is 24.7 Å². The molecule has 2 fully saturated rings. The van der Waals surface area contributed by atoms with Crippen LogP contribution >= 0.6 is 0 Å². The molecule has 1 aliphatic carbocycles. The molecule has 1 N–H and O–H groups in total. The molecule has 1 spiro atoms. The van der Waals surface area contributed by atoms with Crippen molar-refractivity contribution in [3.05, 3.63) is 35.9 Å². The van der Waals surface area contributed by atoms with E-state index in [1.165, 1.54) is 18.5 Å². The van der Waals surface area contributed by atoms with Gasteiger partial charge in [-0.15, -0.1) is 0 Å². The zero-order valence-corrected chi connectivity index (χ0v) is 15.0. The Kier molecular flexibility index (Phi) is 4.11. The summed E-state index contributed by atoms with van der Waals surface area (Å²) in [6.07, 6.45) is 9.93. The van der Waals surface area contributed by atoms with E-state index in [1.807, 2.05) is 25.0 Å². The van der Waals surface area contributed by atoms with Crippen LogP contribution in [0.4, 0.5) is 0 Å². The molecule has 0 unspecified atom stereocenters. The van der Waals surface area contributed by atoms with Crippen LogP contribution in [0.3, 0.4) is 0 Å². The molecule has 0 aromatic carbocycles. The van der Waals surface area contributed by atoms with E-state index in [9.17, 15) is 4.79 Å². The first-order valence-electron chi connectivity index (χ1n) is 9.02. The normalized spacial score (nSPS) is 20.6. The van der Waals surface area contributed by atoms with Gasteiger partial charge in [0.15, 0.2) is 0 Å². The minimum Gasteiger partial charge on any atom is -0.349 e. The molecule has 134 valence electrons. The van der Waals surface area contributed by atoms with E-state index in [2.05, 4.69) is 26.5 Å². The van der Waals surface area contributed by atoms with Crippen LogP contribution in [0, 0.1) is 5.41 Å². The molecule has 2 aliphatic rings. The van der Waals surface area contributed by atoms with Gasteiger partial charge in [-0.25, -0.2) is 0 Å². The predicted molar refractivity (Wildman–Crippen MR) is 93.8 cm³/mol. The number of carbonyl (C=O) groups is 1. The van der Waals surface area contributed by atoms with Crippen molar-refractivity contribution in [2.75, 3.05) is 13.1 Å². The number of nitrogens with one attached hydrogen (secondary N) is 1. The molecule has 2 aromatic heterocycles. The highest BCUT2D eigenvalue weighted by Crippen LogP contribution is 2.49. The predicted octanol–water partition coefficient (Wildman–Crippen LogP) is 1.33. The Labute approximate surface area is 148 Å². The zero-order valence-electron chi connectivity index (χ0n) is 15.0. The largest absolute Gasteiger partial charge is 0.349 e. The van der Waals surface area contributed by atoms with E-state index in [0.29, 0.717) is 17.0 Å². The molecule has 25 heavy (non-hydrogen) atoms. The van der Waals surface area contributed by atoms with Gasteiger partial charge in [0, 0.05) is 39.1 Å². The van der Waals surface area contributed by atoms with Gasteiger partial charge in [-0.2, -0.15) is 10.2 Å². The number of aryl methyl sites for hydroxylation is 2. The lowest BCUT2D eigenvalue weighted by Gasteiger charge is -2.52. The average Bonchev–Trinajstić information content (AvgIpc) is 3.17. The van der Waals surface area contributed by atoms with Crippen molar-refractivity contribution in [3.8, 4) is 0 Å². The Hall–Kier alpha value is -2.15. The third-order valence-electron chi connectivity index (χ3n) is 5.89. The second-order valence-corrected chi connectivity index (χ2v) is 7.70. The number of piperidine rings is 1. The van der Waals surface area contributed by atoms with E-state index >= 15 is 0 Å². The van der Waals surface area contributed by atoms with Gasteiger partial charge in [0.2, 0.25) is 0 Å². The summed E-state index contributed by atoms with van der Waals surface area (Å²) in [5.74, 6) is 0.00148. The van der Waals surface area contributed by atoms with Crippen LogP contribution in [0.5, 0.6) is 0 Å². The highest BCUT2D eigenvalue weighted by atomic mass is 16.1. The number of hydrogen-bond acceptors (Lipinski definition) is 4. The van der Waals surface area contributed by atoms with Gasteiger partial charge < -0.3 is 5.32 Å². The van der Waals surface area contributed by atoms with Crippen molar-refractivity contribution >= 4 is 5.91 Å². The minimum absolute atomic E-state index is 0.00148.